The smallest absolute Gasteiger partial charge is 0.326 e. The van der Waals surface area contributed by atoms with Crippen molar-refractivity contribution in [1.29, 1.82) is 0 Å². The Bertz CT molecular complexity index is 952. The number of anilines is 1. The molecule has 0 heterocycles. The highest BCUT2D eigenvalue weighted by Gasteiger charge is 2.19. The molecular formula is C22H24N2O5. The number of carbonyl (C=O) groups excluding carboxylic acids is 4. The van der Waals surface area contributed by atoms with E-state index in [4.69, 9.17) is 4.74 Å². The third kappa shape index (κ3) is 6.27. The van der Waals surface area contributed by atoms with Crippen molar-refractivity contribution in [2.45, 2.75) is 33.8 Å². The molecule has 2 amide bonds. The van der Waals surface area contributed by atoms with Crippen LogP contribution in [-0.4, -0.2) is 36.2 Å². The average Bonchev–Trinajstić information content (AvgIpc) is 2.68. The standard InChI is InChI=1S/C22H24N2O5/c1-13-8-9-18(10-14(13)2)22(28)23-12-20(26)29-16(4)21(27)24-19-7-5-6-17(11-19)15(3)25/h5-11,16H,12H2,1-4H3,(H,23,28)(H,24,27)/t16-/m0/s1. The van der Waals surface area contributed by atoms with E-state index in [0.29, 0.717) is 16.8 Å². The number of Topliss-reactive ketones (excluding diaryl/α,β-unsaturated/α-hetero) is 1. The fourth-order valence-corrected chi connectivity index (χ4v) is 2.49. The molecule has 29 heavy (non-hydrogen) atoms. The number of ether oxygens (including phenoxy) is 1. The normalized spacial score (nSPS) is 11.3. The maximum absolute atomic E-state index is 12.2. The maximum atomic E-state index is 12.2. The number of rotatable bonds is 7. The quantitative estimate of drug-likeness (QED) is 0.554. The zero-order chi connectivity index (χ0) is 21.6. The van der Waals surface area contributed by atoms with Gasteiger partial charge in [0.25, 0.3) is 11.8 Å². The van der Waals surface area contributed by atoms with Crippen LogP contribution < -0.4 is 10.6 Å². The van der Waals surface area contributed by atoms with Crippen molar-refractivity contribution in [1.82, 2.24) is 5.32 Å². The van der Waals surface area contributed by atoms with Crippen molar-refractivity contribution in [3.63, 3.8) is 0 Å². The molecule has 0 aliphatic rings. The number of hydrogen-bond acceptors (Lipinski definition) is 5. The van der Waals surface area contributed by atoms with Crippen molar-refractivity contribution in [3.8, 4) is 0 Å². The topological polar surface area (TPSA) is 102 Å². The summed E-state index contributed by atoms with van der Waals surface area (Å²) < 4.78 is 5.06. The Morgan fingerprint density at radius 1 is 0.966 bits per heavy atom. The zero-order valence-corrected chi connectivity index (χ0v) is 16.9. The first-order valence-corrected chi connectivity index (χ1v) is 9.14. The van der Waals surface area contributed by atoms with E-state index in [2.05, 4.69) is 10.6 Å². The first-order valence-electron chi connectivity index (χ1n) is 9.14. The highest BCUT2D eigenvalue weighted by atomic mass is 16.5. The first kappa shape index (κ1) is 21.8. The van der Waals surface area contributed by atoms with Crippen LogP contribution in [0.5, 0.6) is 0 Å². The minimum Gasteiger partial charge on any atom is -0.451 e. The van der Waals surface area contributed by atoms with Gasteiger partial charge in [0.15, 0.2) is 11.9 Å². The second kappa shape index (κ2) is 9.64. The van der Waals surface area contributed by atoms with Gasteiger partial charge < -0.3 is 15.4 Å². The van der Waals surface area contributed by atoms with Crippen LogP contribution in [0, 0.1) is 13.8 Å². The number of amides is 2. The van der Waals surface area contributed by atoms with Gasteiger partial charge in [0.1, 0.15) is 6.54 Å². The lowest BCUT2D eigenvalue weighted by atomic mass is 10.1. The predicted molar refractivity (Wildman–Crippen MR) is 109 cm³/mol. The summed E-state index contributed by atoms with van der Waals surface area (Å²) in [4.78, 5) is 47.7. The number of nitrogens with one attached hydrogen (secondary N) is 2. The number of aryl methyl sites for hydroxylation is 2. The van der Waals surface area contributed by atoms with E-state index >= 15 is 0 Å². The van der Waals surface area contributed by atoms with E-state index in [0.717, 1.165) is 11.1 Å². The van der Waals surface area contributed by atoms with Gasteiger partial charge in [0.2, 0.25) is 0 Å². The molecule has 0 saturated carbocycles. The molecule has 2 aromatic carbocycles. The minimum absolute atomic E-state index is 0.125. The number of ketones is 1. The SMILES string of the molecule is CC(=O)c1cccc(NC(=O)[C@H](C)OC(=O)CNC(=O)c2ccc(C)c(C)c2)c1. The molecule has 0 bridgehead atoms. The molecule has 0 aliphatic heterocycles. The van der Waals surface area contributed by atoms with Crippen LogP contribution in [0.15, 0.2) is 42.5 Å². The van der Waals surface area contributed by atoms with Gasteiger partial charge in [-0.25, -0.2) is 0 Å². The summed E-state index contributed by atoms with van der Waals surface area (Å²) in [6.45, 7) is 6.33. The van der Waals surface area contributed by atoms with Crippen LogP contribution in [0.25, 0.3) is 0 Å². The molecule has 7 heteroatoms. The van der Waals surface area contributed by atoms with Gasteiger partial charge in [0, 0.05) is 16.8 Å². The molecule has 0 aliphatic carbocycles. The third-order valence-corrected chi connectivity index (χ3v) is 4.38. The van der Waals surface area contributed by atoms with Crippen molar-refractivity contribution in [2.75, 3.05) is 11.9 Å². The molecular weight excluding hydrogens is 372 g/mol. The van der Waals surface area contributed by atoms with E-state index < -0.39 is 23.9 Å². The van der Waals surface area contributed by atoms with Gasteiger partial charge >= 0.3 is 5.97 Å². The minimum atomic E-state index is -1.07. The molecule has 0 spiro atoms. The summed E-state index contributed by atoms with van der Waals surface area (Å²) in [5.41, 5.74) is 3.36. The van der Waals surface area contributed by atoms with Gasteiger partial charge in [0.05, 0.1) is 0 Å². The van der Waals surface area contributed by atoms with Crippen LogP contribution in [-0.2, 0) is 14.3 Å². The molecule has 0 saturated heterocycles. The summed E-state index contributed by atoms with van der Waals surface area (Å²) in [6.07, 6.45) is -1.07. The van der Waals surface area contributed by atoms with Crippen molar-refractivity contribution >= 4 is 29.3 Å². The molecule has 0 aromatic heterocycles. The summed E-state index contributed by atoms with van der Waals surface area (Å²) in [5.74, 6) is -1.80. The molecule has 152 valence electrons. The Labute approximate surface area is 169 Å². The van der Waals surface area contributed by atoms with Crippen LogP contribution >= 0.6 is 0 Å². The molecule has 7 nitrogen and oxygen atoms in total. The second-order valence-corrected chi connectivity index (χ2v) is 6.74. The molecule has 1 atom stereocenters. The van der Waals surface area contributed by atoms with E-state index in [1.165, 1.54) is 13.8 Å². The van der Waals surface area contributed by atoms with Crippen LogP contribution in [0.3, 0.4) is 0 Å². The molecule has 2 rings (SSSR count). The second-order valence-electron chi connectivity index (χ2n) is 6.74. The van der Waals surface area contributed by atoms with E-state index in [9.17, 15) is 19.2 Å². The van der Waals surface area contributed by atoms with E-state index in [1.807, 2.05) is 19.9 Å². The summed E-state index contributed by atoms with van der Waals surface area (Å²) in [5, 5.41) is 5.07. The Hall–Kier alpha value is -3.48. The Kier molecular flexibility index (Phi) is 7.25. The highest BCUT2D eigenvalue weighted by molar-refractivity contribution is 5.99. The lowest BCUT2D eigenvalue weighted by Crippen LogP contribution is -2.35. The van der Waals surface area contributed by atoms with Crippen LogP contribution in [0.1, 0.15) is 45.7 Å². The summed E-state index contributed by atoms with van der Waals surface area (Å²) in [7, 11) is 0. The third-order valence-electron chi connectivity index (χ3n) is 4.38. The Balaban J connectivity index is 1.85. The van der Waals surface area contributed by atoms with Crippen molar-refractivity contribution < 1.29 is 23.9 Å². The Morgan fingerprint density at radius 2 is 1.69 bits per heavy atom. The lowest BCUT2D eigenvalue weighted by Gasteiger charge is -2.14. The Morgan fingerprint density at radius 3 is 2.34 bits per heavy atom. The molecule has 2 aromatic rings. The zero-order valence-electron chi connectivity index (χ0n) is 16.9. The van der Waals surface area contributed by atoms with Gasteiger partial charge in [-0.15, -0.1) is 0 Å². The lowest BCUT2D eigenvalue weighted by molar-refractivity contribution is -0.152. The first-order chi connectivity index (χ1) is 13.7. The highest BCUT2D eigenvalue weighted by Crippen LogP contribution is 2.12. The van der Waals surface area contributed by atoms with Crippen LogP contribution in [0.2, 0.25) is 0 Å². The number of benzene rings is 2. The van der Waals surface area contributed by atoms with Crippen LogP contribution in [0.4, 0.5) is 5.69 Å². The van der Waals surface area contributed by atoms with Crippen molar-refractivity contribution in [2.24, 2.45) is 0 Å². The van der Waals surface area contributed by atoms with Gasteiger partial charge in [-0.05, 0) is 63.1 Å². The number of esters is 1. The van der Waals surface area contributed by atoms with Gasteiger partial charge in [-0.1, -0.05) is 18.2 Å². The van der Waals surface area contributed by atoms with Gasteiger partial charge in [-0.2, -0.15) is 0 Å². The van der Waals surface area contributed by atoms with Crippen molar-refractivity contribution in [3.05, 3.63) is 64.7 Å². The average molecular weight is 396 g/mol. The monoisotopic (exact) mass is 396 g/mol. The summed E-state index contributed by atoms with van der Waals surface area (Å²) >= 11 is 0. The predicted octanol–water partition coefficient (Wildman–Crippen LogP) is 2.81. The molecule has 0 fully saturated rings. The maximum Gasteiger partial charge on any atom is 0.326 e. The molecule has 0 unspecified atom stereocenters. The fraction of sp³-hybridized carbons (Fsp3) is 0.273. The van der Waals surface area contributed by atoms with E-state index in [-0.39, 0.29) is 12.3 Å². The largest absolute Gasteiger partial charge is 0.451 e. The molecule has 2 N–H and O–H groups in total. The number of carbonyl (C=O) groups is 4. The van der Waals surface area contributed by atoms with Gasteiger partial charge in [-0.3, -0.25) is 19.2 Å². The summed E-state index contributed by atoms with van der Waals surface area (Å²) in [6, 6.07) is 11.7. The van der Waals surface area contributed by atoms with E-state index in [1.54, 1.807) is 36.4 Å². The fourth-order valence-electron chi connectivity index (χ4n) is 2.49. The number of hydrogen-bond donors (Lipinski definition) is 2. The molecule has 0 radical (unpaired) electrons.